The summed E-state index contributed by atoms with van der Waals surface area (Å²) in [7, 11) is 0. The van der Waals surface area contributed by atoms with Crippen molar-refractivity contribution in [1.82, 2.24) is 25.0 Å². The van der Waals surface area contributed by atoms with Crippen molar-refractivity contribution < 1.29 is 0 Å². The van der Waals surface area contributed by atoms with Gasteiger partial charge in [0.15, 0.2) is 5.16 Å². The molecule has 2 aromatic rings. The van der Waals surface area contributed by atoms with Crippen LogP contribution >= 0.6 is 23.1 Å². The largest absolute Gasteiger partial charge is 0.374 e. The molecule has 1 aliphatic rings. The van der Waals surface area contributed by atoms with E-state index in [4.69, 9.17) is 5.73 Å². The molecule has 90 valence electrons. The SMILES string of the molecule is Nc1nnc(CSc2n[nH]c(=O)n2C2CC2)s1. The lowest BCUT2D eigenvalue weighted by molar-refractivity contribution is 0.642. The molecular weight excluding hydrogens is 260 g/mol. The number of nitrogens with two attached hydrogens (primary N) is 1. The van der Waals surface area contributed by atoms with Crippen molar-refractivity contribution in [1.29, 1.82) is 0 Å². The molecule has 2 heterocycles. The van der Waals surface area contributed by atoms with Gasteiger partial charge < -0.3 is 5.73 Å². The molecule has 0 unspecified atom stereocenters. The minimum atomic E-state index is -0.133. The average Bonchev–Trinajstić information content (AvgIpc) is 2.95. The molecule has 0 spiro atoms. The van der Waals surface area contributed by atoms with Gasteiger partial charge in [0.1, 0.15) is 5.01 Å². The van der Waals surface area contributed by atoms with Crippen LogP contribution in [0, 0.1) is 0 Å². The van der Waals surface area contributed by atoms with Crippen molar-refractivity contribution in [3.63, 3.8) is 0 Å². The second kappa shape index (κ2) is 4.15. The molecule has 3 N–H and O–H groups in total. The first-order valence-corrected chi connectivity index (χ1v) is 6.92. The molecule has 0 saturated heterocycles. The maximum absolute atomic E-state index is 11.5. The van der Waals surface area contributed by atoms with Crippen molar-refractivity contribution in [3.8, 4) is 0 Å². The van der Waals surface area contributed by atoms with E-state index in [0.29, 0.717) is 22.1 Å². The second-order valence-electron chi connectivity index (χ2n) is 3.74. The molecule has 0 radical (unpaired) electrons. The Hall–Kier alpha value is -1.35. The third-order valence-electron chi connectivity index (χ3n) is 2.39. The van der Waals surface area contributed by atoms with Gasteiger partial charge in [0.05, 0.1) is 5.75 Å². The van der Waals surface area contributed by atoms with E-state index in [9.17, 15) is 4.79 Å². The molecule has 2 aromatic heterocycles. The Morgan fingerprint density at radius 1 is 1.53 bits per heavy atom. The number of anilines is 1. The first kappa shape index (κ1) is 10.8. The first-order valence-electron chi connectivity index (χ1n) is 5.11. The summed E-state index contributed by atoms with van der Waals surface area (Å²) in [5, 5.41) is 16.2. The van der Waals surface area contributed by atoms with Gasteiger partial charge >= 0.3 is 5.69 Å². The number of hydrogen-bond acceptors (Lipinski definition) is 7. The average molecular weight is 270 g/mol. The van der Waals surface area contributed by atoms with E-state index in [1.165, 1.54) is 23.1 Å². The Labute approximate surface area is 104 Å². The smallest absolute Gasteiger partial charge is 0.344 e. The van der Waals surface area contributed by atoms with Crippen LogP contribution in [0.15, 0.2) is 9.95 Å². The lowest BCUT2D eigenvalue weighted by Crippen LogP contribution is -2.16. The highest BCUT2D eigenvalue weighted by atomic mass is 32.2. The summed E-state index contributed by atoms with van der Waals surface area (Å²) in [6.07, 6.45) is 2.11. The molecule has 1 fully saturated rings. The van der Waals surface area contributed by atoms with Crippen LogP contribution < -0.4 is 11.4 Å². The highest BCUT2D eigenvalue weighted by Gasteiger charge is 2.28. The van der Waals surface area contributed by atoms with Crippen LogP contribution in [0.1, 0.15) is 23.9 Å². The van der Waals surface area contributed by atoms with E-state index in [0.717, 1.165) is 17.8 Å². The van der Waals surface area contributed by atoms with Gasteiger partial charge in [0.2, 0.25) is 5.13 Å². The number of rotatable bonds is 4. The summed E-state index contributed by atoms with van der Waals surface area (Å²) in [4.78, 5) is 11.5. The highest BCUT2D eigenvalue weighted by molar-refractivity contribution is 7.98. The van der Waals surface area contributed by atoms with Gasteiger partial charge in [-0.2, -0.15) is 0 Å². The molecule has 0 aromatic carbocycles. The Morgan fingerprint density at radius 2 is 2.35 bits per heavy atom. The lowest BCUT2D eigenvalue weighted by atomic mass is 10.7. The van der Waals surface area contributed by atoms with Crippen molar-refractivity contribution in [3.05, 3.63) is 15.5 Å². The maximum atomic E-state index is 11.5. The number of hydrogen-bond donors (Lipinski definition) is 2. The van der Waals surface area contributed by atoms with E-state index in [1.807, 2.05) is 0 Å². The van der Waals surface area contributed by atoms with Gasteiger partial charge in [-0.15, -0.1) is 15.3 Å². The predicted octanol–water partition coefficient (Wildman–Crippen LogP) is 0.632. The molecule has 0 bridgehead atoms. The summed E-state index contributed by atoms with van der Waals surface area (Å²) in [5.74, 6) is 0.631. The van der Waals surface area contributed by atoms with Crippen LogP contribution in [-0.2, 0) is 5.75 Å². The normalized spacial score (nSPS) is 15.3. The second-order valence-corrected chi connectivity index (χ2v) is 5.77. The number of nitrogen functional groups attached to an aromatic ring is 1. The van der Waals surface area contributed by atoms with E-state index in [1.54, 1.807) is 4.57 Å². The number of aromatic nitrogens is 5. The van der Waals surface area contributed by atoms with Crippen molar-refractivity contribution in [2.45, 2.75) is 29.8 Å². The molecule has 1 aliphatic carbocycles. The van der Waals surface area contributed by atoms with Gasteiger partial charge in [0, 0.05) is 6.04 Å². The van der Waals surface area contributed by atoms with Crippen molar-refractivity contribution in [2.24, 2.45) is 0 Å². The van der Waals surface area contributed by atoms with Gasteiger partial charge in [-0.25, -0.2) is 9.89 Å². The molecule has 3 rings (SSSR count). The number of nitrogens with one attached hydrogen (secondary N) is 1. The van der Waals surface area contributed by atoms with Crippen LogP contribution in [0.25, 0.3) is 0 Å². The summed E-state index contributed by atoms with van der Waals surface area (Å²) < 4.78 is 1.72. The molecule has 0 amide bonds. The summed E-state index contributed by atoms with van der Waals surface area (Å²) in [6.45, 7) is 0. The molecular formula is C8H10N6OS2. The zero-order valence-corrected chi connectivity index (χ0v) is 10.4. The monoisotopic (exact) mass is 270 g/mol. The summed E-state index contributed by atoms with van der Waals surface area (Å²) in [6, 6.07) is 0.322. The Morgan fingerprint density at radius 3 is 3.00 bits per heavy atom. The standard InChI is InChI=1S/C8H10N6OS2/c9-6-11-10-5(17-6)3-16-8-13-12-7(15)14(8)4-1-2-4/h4H,1-3H2,(H2,9,11)(H,12,15). The Bertz CT molecular complexity index is 583. The third kappa shape index (κ3) is 2.20. The van der Waals surface area contributed by atoms with Gasteiger partial charge in [-0.1, -0.05) is 23.1 Å². The quantitative estimate of drug-likeness (QED) is 0.790. The fraction of sp³-hybridized carbons (Fsp3) is 0.500. The van der Waals surface area contributed by atoms with Crippen LogP contribution in [0.2, 0.25) is 0 Å². The lowest BCUT2D eigenvalue weighted by Gasteiger charge is -2.00. The first-order chi connectivity index (χ1) is 8.24. The minimum absolute atomic E-state index is 0.133. The van der Waals surface area contributed by atoms with Crippen LogP contribution in [-0.4, -0.2) is 25.0 Å². The zero-order chi connectivity index (χ0) is 11.8. The Kier molecular flexibility index (Phi) is 2.63. The van der Waals surface area contributed by atoms with E-state index in [2.05, 4.69) is 20.4 Å². The molecule has 7 nitrogen and oxygen atoms in total. The summed E-state index contributed by atoms with van der Waals surface area (Å²) in [5.41, 5.74) is 5.37. The van der Waals surface area contributed by atoms with Crippen LogP contribution in [0.5, 0.6) is 0 Å². The van der Waals surface area contributed by atoms with Crippen molar-refractivity contribution in [2.75, 3.05) is 5.73 Å². The molecule has 0 aliphatic heterocycles. The predicted molar refractivity (Wildman–Crippen MR) is 65.0 cm³/mol. The fourth-order valence-corrected chi connectivity index (χ4v) is 3.11. The van der Waals surface area contributed by atoms with E-state index >= 15 is 0 Å². The zero-order valence-electron chi connectivity index (χ0n) is 8.79. The molecule has 9 heteroatoms. The van der Waals surface area contributed by atoms with Gasteiger partial charge in [-0.3, -0.25) is 4.57 Å². The number of H-pyrrole nitrogens is 1. The topological polar surface area (TPSA) is 102 Å². The fourth-order valence-electron chi connectivity index (χ4n) is 1.50. The third-order valence-corrected chi connectivity index (χ3v) is 4.29. The highest BCUT2D eigenvalue weighted by Crippen LogP contribution is 2.36. The number of thioether (sulfide) groups is 1. The van der Waals surface area contributed by atoms with Crippen LogP contribution in [0.3, 0.4) is 0 Å². The Balaban J connectivity index is 1.75. The molecule has 1 saturated carbocycles. The molecule has 0 atom stereocenters. The van der Waals surface area contributed by atoms with Gasteiger partial charge in [-0.05, 0) is 12.8 Å². The summed E-state index contributed by atoms with van der Waals surface area (Å²) >= 11 is 2.83. The minimum Gasteiger partial charge on any atom is -0.374 e. The van der Waals surface area contributed by atoms with E-state index in [-0.39, 0.29) is 5.69 Å². The number of aromatic amines is 1. The number of nitrogens with zero attached hydrogens (tertiary/aromatic N) is 4. The molecule has 17 heavy (non-hydrogen) atoms. The maximum Gasteiger partial charge on any atom is 0.344 e. The van der Waals surface area contributed by atoms with Crippen molar-refractivity contribution >= 4 is 28.2 Å². The van der Waals surface area contributed by atoms with Gasteiger partial charge in [0.25, 0.3) is 0 Å². The van der Waals surface area contributed by atoms with Crippen LogP contribution in [0.4, 0.5) is 5.13 Å². The van der Waals surface area contributed by atoms with E-state index < -0.39 is 0 Å².